The van der Waals surface area contributed by atoms with E-state index in [9.17, 15) is 32.0 Å². The van der Waals surface area contributed by atoms with Crippen molar-refractivity contribution in [2.24, 2.45) is 0 Å². The van der Waals surface area contributed by atoms with E-state index < -0.39 is 40.6 Å². The lowest BCUT2D eigenvalue weighted by Crippen LogP contribution is -2.43. The Kier molecular flexibility index (Phi) is 10.3. The van der Waals surface area contributed by atoms with E-state index in [1.54, 1.807) is 35.9 Å². The van der Waals surface area contributed by atoms with Gasteiger partial charge in [-0.25, -0.2) is 13.2 Å². The number of methoxy groups -OCH3 is 1. The number of aromatic nitrogens is 2. The lowest BCUT2D eigenvalue weighted by atomic mass is 9.92. The molecule has 2 aromatic heterocycles. The molecule has 4 atom stereocenters. The molecule has 4 unspecified atom stereocenters. The number of carbonyl (C=O) groups excluding carboxylic acids is 1. The van der Waals surface area contributed by atoms with Crippen LogP contribution in [-0.4, -0.2) is 83.8 Å². The lowest BCUT2D eigenvalue weighted by Gasteiger charge is -2.32. The van der Waals surface area contributed by atoms with Crippen molar-refractivity contribution in [3.05, 3.63) is 53.1 Å². The molecular weight excluding hydrogens is 708 g/mol. The second kappa shape index (κ2) is 14.4. The Hall–Kier alpha value is -4.62. The molecule has 4 aromatic rings. The minimum absolute atomic E-state index is 0.0308. The smallest absolute Gasteiger partial charge is 0.417 e. The van der Waals surface area contributed by atoms with Crippen LogP contribution >= 0.6 is 11.3 Å². The number of benzene rings is 2. The Balaban J connectivity index is 0.000000444. The monoisotopic (exact) mass is 745 g/mol. The van der Waals surface area contributed by atoms with Gasteiger partial charge in [-0.05, 0) is 69.8 Å². The standard InChI is InChI=1S/C29H25F5N6O2S.C7H12FN/c1-5-6-20(41)40-10-9-19(13(40)2)39(3)27-15-11-17(29(32,33)34)22(23(31)24(15)37-28(38-27)42-4)14-7-8-18(30)25-21(14)16(12-35)26(36)43-25;8-6-4-7-2-1-3-9(7)5-6/h5-8,11,13,19H,9-10,36H2,1-4H3;6-7H,1-5H2/b6-5-;. The highest BCUT2D eigenvalue weighted by atomic mass is 32.1. The SMILES string of the molecule is C/C=C\C(=O)N1CCC(N(C)c2nc(OC)nc3c(F)c(-c4ccc(F)c5sc(N)c(C#N)c45)c(C(F)(F)F)cc23)C1C.FC1CC2CCCN2C1. The Morgan fingerprint density at radius 3 is 2.62 bits per heavy atom. The quantitative estimate of drug-likeness (QED) is 0.166. The highest BCUT2D eigenvalue weighted by Gasteiger charge is 2.40. The molecule has 0 bridgehead atoms. The van der Waals surface area contributed by atoms with E-state index in [0.717, 1.165) is 31.2 Å². The Bertz CT molecular complexity index is 2090. The zero-order valence-corrected chi connectivity index (χ0v) is 29.7. The van der Waals surface area contributed by atoms with Gasteiger partial charge in [-0.1, -0.05) is 12.1 Å². The fourth-order valence-corrected chi connectivity index (χ4v) is 8.67. The molecule has 2 N–H and O–H groups in total. The summed E-state index contributed by atoms with van der Waals surface area (Å²) in [7, 11) is 2.84. The maximum absolute atomic E-state index is 16.6. The first-order valence-electron chi connectivity index (χ1n) is 16.8. The molecule has 7 rings (SSSR count). The van der Waals surface area contributed by atoms with Gasteiger partial charge in [0.15, 0.2) is 5.82 Å². The second-order valence-corrected chi connectivity index (χ2v) is 14.2. The summed E-state index contributed by atoms with van der Waals surface area (Å²) >= 11 is 0.686. The third-order valence-electron chi connectivity index (χ3n) is 10.2. The van der Waals surface area contributed by atoms with Crippen LogP contribution in [-0.2, 0) is 11.0 Å². The maximum Gasteiger partial charge on any atom is 0.417 e. The number of likely N-dealkylation sites (N-methyl/N-ethyl adjacent to an activating group) is 1. The van der Waals surface area contributed by atoms with Crippen LogP contribution in [0.4, 0.5) is 37.2 Å². The van der Waals surface area contributed by atoms with Crippen molar-refractivity contribution in [1.29, 1.82) is 5.26 Å². The zero-order valence-electron chi connectivity index (χ0n) is 28.9. The van der Waals surface area contributed by atoms with Crippen molar-refractivity contribution in [1.82, 2.24) is 19.8 Å². The van der Waals surface area contributed by atoms with Gasteiger partial charge in [-0.2, -0.15) is 28.4 Å². The van der Waals surface area contributed by atoms with Crippen molar-refractivity contribution in [3.8, 4) is 23.2 Å². The molecule has 0 radical (unpaired) electrons. The molecular formula is C36H37F6N7O2S. The summed E-state index contributed by atoms with van der Waals surface area (Å²) in [4.78, 5) is 26.4. The number of anilines is 2. The number of hydrogen-bond acceptors (Lipinski definition) is 9. The Morgan fingerprint density at radius 2 is 1.96 bits per heavy atom. The predicted octanol–water partition coefficient (Wildman–Crippen LogP) is 7.47. The summed E-state index contributed by atoms with van der Waals surface area (Å²) in [5, 5.41) is 9.10. The van der Waals surface area contributed by atoms with Gasteiger partial charge in [0.2, 0.25) is 5.91 Å². The number of carbonyl (C=O) groups is 1. The summed E-state index contributed by atoms with van der Waals surface area (Å²) in [5.74, 6) is -2.41. The van der Waals surface area contributed by atoms with Gasteiger partial charge in [0.25, 0.3) is 0 Å². The van der Waals surface area contributed by atoms with Gasteiger partial charge in [-0.15, -0.1) is 11.3 Å². The summed E-state index contributed by atoms with van der Waals surface area (Å²) in [6.45, 7) is 5.79. The van der Waals surface area contributed by atoms with Crippen molar-refractivity contribution < 1.29 is 35.9 Å². The number of fused-ring (bicyclic) bond motifs is 3. The van der Waals surface area contributed by atoms with E-state index in [-0.39, 0.29) is 61.4 Å². The van der Waals surface area contributed by atoms with Gasteiger partial charge in [0, 0.05) is 48.6 Å². The largest absolute Gasteiger partial charge is 0.467 e. The number of nitrogen functional groups attached to an aromatic ring is 1. The molecule has 3 fully saturated rings. The van der Waals surface area contributed by atoms with Crippen LogP contribution in [0, 0.1) is 23.0 Å². The van der Waals surface area contributed by atoms with Gasteiger partial charge in [-0.3, -0.25) is 9.69 Å². The number of nitrogens with two attached hydrogens (primary N) is 1. The molecule has 52 heavy (non-hydrogen) atoms. The number of hydrogen-bond donors (Lipinski definition) is 1. The Labute approximate surface area is 300 Å². The van der Waals surface area contributed by atoms with Gasteiger partial charge >= 0.3 is 12.2 Å². The molecule has 3 aliphatic heterocycles. The second-order valence-electron chi connectivity index (χ2n) is 13.2. The van der Waals surface area contributed by atoms with Crippen molar-refractivity contribution in [2.75, 3.05) is 44.4 Å². The molecule has 3 aliphatic rings. The highest BCUT2D eigenvalue weighted by molar-refractivity contribution is 7.23. The number of amides is 1. The summed E-state index contributed by atoms with van der Waals surface area (Å²) < 4.78 is 93.0. The van der Waals surface area contributed by atoms with Crippen molar-refractivity contribution in [3.63, 3.8) is 0 Å². The molecule has 0 spiro atoms. The summed E-state index contributed by atoms with van der Waals surface area (Å²) in [6.07, 6.45) is 1.26. The van der Waals surface area contributed by atoms with Gasteiger partial charge in [0.1, 0.15) is 34.4 Å². The van der Waals surface area contributed by atoms with E-state index in [4.69, 9.17) is 10.5 Å². The number of thiophene rings is 1. The third-order valence-corrected chi connectivity index (χ3v) is 11.2. The minimum Gasteiger partial charge on any atom is -0.467 e. The minimum atomic E-state index is -5.08. The first-order chi connectivity index (χ1) is 24.7. The lowest BCUT2D eigenvalue weighted by molar-refractivity contribution is -0.137. The third kappa shape index (κ3) is 6.60. The number of alkyl halides is 4. The Morgan fingerprint density at radius 1 is 1.21 bits per heavy atom. The molecule has 16 heteroatoms. The van der Waals surface area contributed by atoms with E-state index >= 15 is 4.39 Å². The van der Waals surface area contributed by atoms with Crippen LogP contribution < -0.4 is 15.4 Å². The normalized spacial score (nSPS) is 21.8. The molecule has 0 saturated carbocycles. The fourth-order valence-electron chi connectivity index (χ4n) is 7.72. The number of halogens is 6. The number of allylic oxidation sites excluding steroid dienone is 1. The molecule has 0 aliphatic carbocycles. The average molecular weight is 746 g/mol. The highest BCUT2D eigenvalue weighted by Crippen LogP contribution is 2.48. The summed E-state index contributed by atoms with van der Waals surface area (Å²) in [5.41, 5.74) is 2.52. The van der Waals surface area contributed by atoms with Crippen LogP contribution in [0.25, 0.3) is 32.1 Å². The number of rotatable bonds is 5. The molecule has 5 heterocycles. The average Bonchev–Trinajstić information content (AvgIpc) is 3.87. The van der Waals surface area contributed by atoms with E-state index in [1.165, 1.54) is 26.0 Å². The van der Waals surface area contributed by atoms with E-state index in [1.807, 2.05) is 6.92 Å². The maximum atomic E-state index is 16.6. The number of likely N-dealkylation sites (tertiary alicyclic amines) is 1. The molecule has 276 valence electrons. The molecule has 1 amide bonds. The predicted molar refractivity (Wildman–Crippen MR) is 188 cm³/mol. The molecule has 3 saturated heterocycles. The molecule has 9 nitrogen and oxygen atoms in total. The topological polar surface area (TPSA) is 112 Å². The van der Waals surface area contributed by atoms with E-state index in [0.29, 0.717) is 36.9 Å². The summed E-state index contributed by atoms with van der Waals surface area (Å²) in [6, 6.07) is 4.03. The first-order valence-corrected chi connectivity index (χ1v) is 17.6. The first kappa shape index (κ1) is 37.1. The number of nitrogens with zero attached hydrogens (tertiary/aromatic N) is 6. The number of ether oxygens (including phenoxy) is 1. The van der Waals surface area contributed by atoms with E-state index in [2.05, 4.69) is 14.9 Å². The number of nitriles is 1. The van der Waals surface area contributed by atoms with Crippen LogP contribution in [0.3, 0.4) is 0 Å². The molecule has 2 aromatic carbocycles. The van der Waals surface area contributed by atoms with Crippen LogP contribution in [0.5, 0.6) is 6.01 Å². The fraction of sp³-hybridized carbons (Fsp3) is 0.444. The van der Waals surface area contributed by atoms with Gasteiger partial charge < -0.3 is 20.3 Å². The van der Waals surface area contributed by atoms with Crippen LogP contribution in [0.2, 0.25) is 0 Å². The van der Waals surface area contributed by atoms with Crippen LogP contribution in [0.1, 0.15) is 50.7 Å². The van der Waals surface area contributed by atoms with Crippen LogP contribution in [0.15, 0.2) is 30.4 Å². The van der Waals surface area contributed by atoms with Gasteiger partial charge in [0.05, 0.1) is 29.0 Å². The van der Waals surface area contributed by atoms with Crippen molar-refractivity contribution in [2.45, 2.75) is 70.0 Å². The van der Waals surface area contributed by atoms with Crippen molar-refractivity contribution >= 4 is 49.1 Å². The zero-order chi connectivity index (χ0) is 37.6.